The Morgan fingerprint density at radius 2 is 2.17 bits per heavy atom. The second-order valence-corrected chi connectivity index (χ2v) is 4.40. The summed E-state index contributed by atoms with van der Waals surface area (Å²) in [6.07, 6.45) is 0. The van der Waals surface area contributed by atoms with Gasteiger partial charge in [0.15, 0.2) is 0 Å². The van der Waals surface area contributed by atoms with Gasteiger partial charge < -0.3 is 0 Å². The van der Waals surface area contributed by atoms with Crippen LogP contribution < -0.4 is 0 Å². The third kappa shape index (κ3) is 1.24. The standard InChI is InChI=1S/C9H4BrNS/c10-7-1-2-9-6(3-7)4-8(5-11)12-9/h1-4H. The Morgan fingerprint density at radius 3 is 2.92 bits per heavy atom. The fourth-order valence-electron chi connectivity index (χ4n) is 1.07. The van der Waals surface area contributed by atoms with Crippen molar-refractivity contribution in [1.29, 1.82) is 5.26 Å². The van der Waals surface area contributed by atoms with E-state index in [1.807, 2.05) is 24.3 Å². The van der Waals surface area contributed by atoms with E-state index in [0.717, 1.165) is 19.4 Å². The van der Waals surface area contributed by atoms with Crippen LogP contribution in [0.4, 0.5) is 0 Å². The van der Waals surface area contributed by atoms with Gasteiger partial charge in [0.2, 0.25) is 0 Å². The second kappa shape index (κ2) is 2.89. The van der Waals surface area contributed by atoms with Gasteiger partial charge in [-0.25, -0.2) is 0 Å². The SMILES string of the molecule is N#Cc1cc2cc(Br)ccc2s1. The highest BCUT2D eigenvalue weighted by molar-refractivity contribution is 9.10. The highest BCUT2D eigenvalue weighted by atomic mass is 79.9. The maximum absolute atomic E-state index is 8.66. The molecule has 0 N–H and O–H groups in total. The fourth-order valence-corrected chi connectivity index (χ4v) is 2.29. The molecule has 58 valence electrons. The predicted molar refractivity (Wildman–Crippen MR) is 54.2 cm³/mol. The summed E-state index contributed by atoms with van der Waals surface area (Å²) in [5.74, 6) is 0. The van der Waals surface area contributed by atoms with Crippen LogP contribution in [-0.2, 0) is 0 Å². The maximum Gasteiger partial charge on any atom is 0.110 e. The lowest BCUT2D eigenvalue weighted by molar-refractivity contribution is 1.52. The van der Waals surface area contributed by atoms with Gasteiger partial charge >= 0.3 is 0 Å². The average Bonchev–Trinajstić information content (AvgIpc) is 2.46. The molecule has 2 aromatic rings. The van der Waals surface area contributed by atoms with Gasteiger partial charge in [0.05, 0.1) is 0 Å². The Hall–Kier alpha value is -0.850. The highest BCUT2D eigenvalue weighted by Gasteiger charge is 2.00. The molecule has 0 radical (unpaired) electrons. The Balaban J connectivity index is 2.77. The molecular weight excluding hydrogens is 234 g/mol. The van der Waals surface area contributed by atoms with E-state index in [0.29, 0.717) is 0 Å². The lowest BCUT2D eigenvalue weighted by atomic mass is 10.2. The largest absolute Gasteiger partial charge is 0.192 e. The van der Waals surface area contributed by atoms with Gasteiger partial charge in [-0.2, -0.15) is 5.26 Å². The summed E-state index contributed by atoms with van der Waals surface area (Å²) in [6.45, 7) is 0. The molecule has 3 heteroatoms. The molecule has 0 amide bonds. The minimum Gasteiger partial charge on any atom is -0.192 e. The van der Waals surface area contributed by atoms with Crippen LogP contribution in [0, 0.1) is 11.3 Å². The van der Waals surface area contributed by atoms with Gasteiger partial charge in [-0.3, -0.25) is 0 Å². The van der Waals surface area contributed by atoms with Gasteiger partial charge in [-0.15, -0.1) is 11.3 Å². The molecule has 0 bridgehead atoms. The molecule has 1 aromatic heterocycles. The van der Waals surface area contributed by atoms with E-state index in [-0.39, 0.29) is 0 Å². The van der Waals surface area contributed by atoms with E-state index in [9.17, 15) is 0 Å². The number of nitrogens with zero attached hydrogens (tertiary/aromatic N) is 1. The van der Waals surface area contributed by atoms with E-state index in [1.54, 1.807) is 0 Å². The third-order valence-electron chi connectivity index (χ3n) is 1.59. The van der Waals surface area contributed by atoms with E-state index < -0.39 is 0 Å². The van der Waals surface area contributed by atoms with Crippen LogP contribution in [-0.4, -0.2) is 0 Å². The number of halogens is 1. The number of thiophene rings is 1. The lowest BCUT2D eigenvalue weighted by Gasteiger charge is -1.88. The first-order valence-corrected chi connectivity index (χ1v) is 5.00. The van der Waals surface area contributed by atoms with Crippen LogP contribution in [0.5, 0.6) is 0 Å². The molecule has 0 fully saturated rings. The summed E-state index contributed by atoms with van der Waals surface area (Å²) in [7, 11) is 0. The zero-order valence-corrected chi connectivity index (χ0v) is 8.45. The van der Waals surface area contributed by atoms with Gasteiger partial charge in [-0.05, 0) is 29.7 Å². The van der Waals surface area contributed by atoms with Crippen molar-refractivity contribution in [3.05, 3.63) is 33.6 Å². The molecular formula is C9H4BrNS. The molecule has 1 heterocycles. The zero-order chi connectivity index (χ0) is 8.55. The molecule has 0 saturated carbocycles. The summed E-state index contributed by atoms with van der Waals surface area (Å²) >= 11 is 4.91. The van der Waals surface area contributed by atoms with Crippen molar-refractivity contribution < 1.29 is 0 Å². The van der Waals surface area contributed by atoms with E-state index in [1.165, 1.54) is 11.3 Å². The van der Waals surface area contributed by atoms with Crippen LogP contribution >= 0.6 is 27.3 Å². The molecule has 1 nitrogen and oxygen atoms in total. The second-order valence-electron chi connectivity index (χ2n) is 2.40. The van der Waals surface area contributed by atoms with Gasteiger partial charge in [0.1, 0.15) is 10.9 Å². The summed E-state index contributed by atoms with van der Waals surface area (Å²) in [6, 6.07) is 10.1. The van der Waals surface area contributed by atoms with Gasteiger partial charge in [-0.1, -0.05) is 15.9 Å². The molecule has 2 rings (SSSR count). The number of hydrogen-bond donors (Lipinski definition) is 0. The topological polar surface area (TPSA) is 23.8 Å². The number of benzene rings is 1. The zero-order valence-electron chi connectivity index (χ0n) is 6.04. The van der Waals surface area contributed by atoms with Gasteiger partial charge in [0, 0.05) is 9.17 Å². The number of fused-ring (bicyclic) bond motifs is 1. The van der Waals surface area contributed by atoms with Crippen molar-refractivity contribution in [2.75, 3.05) is 0 Å². The predicted octanol–water partition coefficient (Wildman–Crippen LogP) is 3.54. The number of hydrogen-bond acceptors (Lipinski definition) is 2. The Bertz CT molecular complexity index is 467. The summed E-state index contributed by atoms with van der Waals surface area (Å²) in [5.41, 5.74) is 0. The van der Waals surface area contributed by atoms with Crippen molar-refractivity contribution in [2.24, 2.45) is 0 Å². The third-order valence-corrected chi connectivity index (χ3v) is 3.10. The lowest BCUT2D eigenvalue weighted by Crippen LogP contribution is -1.62. The van der Waals surface area contributed by atoms with Crippen LogP contribution in [0.25, 0.3) is 10.1 Å². The molecule has 0 unspecified atom stereocenters. The molecule has 12 heavy (non-hydrogen) atoms. The normalized spacial score (nSPS) is 10.0. The van der Waals surface area contributed by atoms with Crippen molar-refractivity contribution >= 4 is 37.4 Å². The van der Waals surface area contributed by atoms with Crippen LogP contribution in [0.3, 0.4) is 0 Å². The molecule has 0 aliphatic heterocycles. The number of nitriles is 1. The number of rotatable bonds is 0. The quantitative estimate of drug-likeness (QED) is 0.688. The highest BCUT2D eigenvalue weighted by Crippen LogP contribution is 2.27. The monoisotopic (exact) mass is 237 g/mol. The molecule has 0 saturated heterocycles. The molecule has 1 aromatic carbocycles. The summed E-state index contributed by atoms with van der Waals surface area (Å²) in [4.78, 5) is 0.767. The minimum atomic E-state index is 0.767. The summed E-state index contributed by atoms with van der Waals surface area (Å²) in [5, 5.41) is 9.79. The van der Waals surface area contributed by atoms with Crippen molar-refractivity contribution in [2.45, 2.75) is 0 Å². The molecule has 0 aliphatic rings. The van der Waals surface area contributed by atoms with Crippen molar-refractivity contribution in [3.63, 3.8) is 0 Å². The smallest absolute Gasteiger partial charge is 0.110 e. The van der Waals surface area contributed by atoms with Crippen molar-refractivity contribution in [3.8, 4) is 6.07 Å². The summed E-state index contributed by atoms with van der Waals surface area (Å²) < 4.78 is 2.21. The van der Waals surface area contributed by atoms with Crippen LogP contribution in [0.1, 0.15) is 4.88 Å². The first kappa shape index (κ1) is 7.78. The first-order valence-electron chi connectivity index (χ1n) is 3.39. The fraction of sp³-hybridized carbons (Fsp3) is 0. The maximum atomic E-state index is 8.66. The van der Waals surface area contributed by atoms with Crippen molar-refractivity contribution in [1.82, 2.24) is 0 Å². The van der Waals surface area contributed by atoms with E-state index in [2.05, 4.69) is 22.0 Å². The van der Waals surface area contributed by atoms with E-state index in [4.69, 9.17) is 5.26 Å². The Kier molecular flexibility index (Phi) is 1.87. The molecule has 0 spiro atoms. The van der Waals surface area contributed by atoms with Crippen LogP contribution in [0.2, 0.25) is 0 Å². The Labute approximate surface area is 82.4 Å². The van der Waals surface area contributed by atoms with Crippen LogP contribution in [0.15, 0.2) is 28.7 Å². The van der Waals surface area contributed by atoms with E-state index >= 15 is 0 Å². The minimum absolute atomic E-state index is 0.767. The molecule has 0 atom stereocenters. The molecule has 0 aliphatic carbocycles. The van der Waals surface area contributed by atoms with Gasteiger partial charge in [0.25, 0.3) is 0 Å². The first-order chi connectivity index (χ1) is 5.79. The Morgan fingerprint density at radius 1 is 1.33 bits per heavy atom. The average molecular weight is 238 g/mol.